The number of hydrogen-bond donors (Lipinski definition) is 1. The smallest absolute Gasteiger partial charge is 0.245 e. The molecule has 2 rings (SSSR count). The van der Waals surface area contributed by atoms with Crippen molar-refractivity contribution in [3.8, 4) is 0 Å². The molecule has 122 valence electrons. The summed E-state index contributed by atoms with van der Waals surface area (Å²) in [5.41, 5.74) is 2.15. The second kappa shape index (κ2) is 7.14. The number of aryl methyl sites for hydroxylation is 1. The highest BCUT2D eigenvalue weighted by molar-refractivity contribution is 9.10. The second-order valence-corrected chi connectivity index (χ2v) is 7.98. The molecule has 0 saturated heterocycles. The number of nitrogens with zero attached hydrogens (tertiary/aromatic N) is 1. The molecule has 7 heteroatoms. The van der Waals surface area contributed by atoms with Crippen LogP contribution in [0, 0.1) is 6.92 Å². The molecule has 5 nitrogen and oxygen atoms in total. The van der Waals surface area contributed by atoms with E-state index in [1.807, 2.05) is 19.1 Å². The maximum atomic E-state index is 12.2. The summed E-state index contributed by atoms with van der Waals surface area (Å²) in [5, 5.41) is 2.70. The first-order chi connectivity index (χ1) is 10.8. The van der Waals surface area contributed by atoms with Crippen molar-refractivity contribution in [2.75, 3.05) is 22.4 Å². The minimum Gasteiger partial charge on any atom is -0.325 e. The normalized spacial score (nSPS) is 11.1. The summed E-state index contributed by atoms with van der Waals surface area (Å²) in [5.74, 6) is -0.401. The highest BCUT2D eigenvalue weighted by Crippen LogP contribution is 2.20. The van der Waals surface area contributed by atoms with E-state index in [-0.39, 0.29) is 6.54 Å². The average Bonchev–Trinajstić information content (AvgIpc) is 2.47. The minimum absolute atomic E-state index is 0.283. The van der Waals surface area contributed by atoms with Gasteiger partial charge >= 0.3 is 0 Å². The standard InChI is InChI=1S/C16H17BrN2O3S/c1-12-3-7-14(8-4-12)18-16(20)11-19(23(2,21)22)15-9-5-13(17)6-10-15/h3-10H,11H2,1-2H3,(H,18,20). The zero-order chi connectivity index (χ0) is 17.0. The highest BCUT2D eigenvalue weighted by atomic mass is 79.9. The summed E-state index contributed by atoms with van der Waals surface area (Å²) < 4.78 is 25.9. The Labute approximate surface area is 144 Å². The SMILES string of the molecule is Cc1ccc(NC(=O)CN(c2ccc(Br)cc2)S(C)(=O)=O)cc1. The molecule has 0 aliphatic heterocycles. The summed E-state index contributed by atoms with van der Waals surface area (Å²) in [7, 11) is -3.57. The molecule has 2 aromatic carbocycles. The summed E-state index contributed by atoms with van der Waals surface area (Å²) in [6.45, 7) is 1.67. The lowest BCUT2D eigenvalue weighted by molar-refractivity contribution is -0.114. The van der Waals surface area contributed by atoms with Crippen LogP contribution in [-0.2, 0) is 14.8 Å². The van der Waals surface area contributed by atoms with Crippen LogP contribution in [0.15, 0.2) is 53.0 Å². The van der Waals surface area contributed by atoms with Gasteiger partial charge in [0.2, 0.25) is 15.9 Å². The maximum Gasteiger partial charge on any atom is 0.245 e. The summed E-state index contributed by atoms with van der Waals surface area (Å²) in [6, 6.07) is 14.0. The van der Waals surface area contributed by atoms with E-state index in [0.717, 1.165) is 20.6 Å². The van der Waals surface area contributed by atoms with Crippen molar-refractivity contribution in [2.45, 2.75) is 6.92 Å². The predicted octanol–water partition coefficient (Wildman–Crippen LogP) is 3.16. The molecule has 0 aromatic heterocycles. The Balaban J connectivity index is 2.16. The van der Waals surface area contributed by atoms with Gasteiger partial charge in [-0.3, -0.25) is 9.10 Å². The number of amides is 1. The Morgan fingerprint density at radius 3 is 2.17 bits per heavy atom. The van der Waals surface area contributed by atoms with Gasteiger partial charge in [-0.1, -0.05) is 33.6 Å². The number of benzene rings is 2. The van der Waals surface area contributed by atoms with E-state index in [1.54, 1.807) is 36.4 Å². The van der Waals surface area contributed by atoms with E-state index in [9.17, 15) is 13.2 Å². The first kappa shape index (κ1) is 17.5. The van der Waals surface area contributed by atoms with Crippen molar-refractivity contribution < 1.29 is 13.2 Å². The lowest BCUT2D eigenvalue weighted by Crippen LogP contribution is -2.37. The van der Waals surface area contributed by atoms with Gasteiger partial charge in [0.25, 0.3) is 0 Å². The van der Waals surface area contributed by atoms with Gasteiger partial charge in [0, 0.05) is 10.2 Å². The van der Waals surface area contributed by atoms with Gasteiger partial charge in [0.05, 0.1) is 11.9 Å². The first-order valence-corrected chi connectivity index (χ1v) is 9.49. The fraction of sp³-hybridized carbons (Fsp3) is 0.188. The molecule has 0 saturated carbocycles. The van der Waals surface area contributed by atoms with Crippen molar-refractivity contribution in [3.05, 3.63) is 58.6 Å². The van der Waals surface area contributed by atoms with Crippen LogP contribution < -0.4 is 9.62 Å². The Bertz CT molecular complexity index is 787. The molecular weight excluding hydrogens is 380 g/mol. The van der Waals surface area contributed by atoms with Gasteiger partial charge in [-0.15, -0.1) is 0 Å². The third-order valence-corrected chi connectivity index (χ3v) is 4.81. The number of rotatable bonds is 5. The Kier molecular flexibility index (Phi) is 5.43. The van der Waals surface area contributed by atoms with E-state index in [1.165, 1.54) is 0 Å². The lowest BCUT2D eigenvalue weighted by Gasteiger charge is -2.22. The molecule has 0 unspecified atom stereocenters. The Morgan fingerprint density at radius 2 is 1.65 bits per heavy atom. The summed E-state index contributed by atoms with van der Waals surface area (Å²) >= 11 is 3.30. The molecule has 1 N–H and O–H groups in total. The second-order valence-electron chi connectivity index (χ2n) is 5.16. The fourth-order valence-electron chi connectivity index (χ4n) is 1.98. The van der Waals surface area contributed by atoms with Crippen LogP contribution in [0.25, 0.3) is 0 Å². The molecule has 2 aromatic rings. The topological polar surface area (TPSA) is 66.5 Å². The number of hydrogen-bond acceptors (Lipinski definition) is 3. The van der Waals surface area contributed by atoms with Crippen LogP contribution in [0.2, 0.25) is 0 Å². The number of anilines is 2. The van der Waals surface area contributed by atoms with Gasteiger partial charge < -0.3 is 5.32 Å². The zero-order valence-electron chi connectivity index (χ0n) is 12.8. The van der Waals surface area contributed by atoms with Crippen molar-refractivity contribution in [1.29, 1.82) is 0 Å². The monoisotopic (exact) mass is 396 g/mol. The van der Waals surface area contributed by atoms with Gasteiger partial charge in [-0.25, -0.2) is 8.42 Å². The van der Waals surface area contributed by atoms with Crippen LogP contribution in [-0.4, -0.2) is 27.1 Å². The third-order valence-electron chi connectivity index (χ3n) is 3.14. The third kappa shape index (κ3) is 5.07. The number of sulfonamides is 1. The molecule has 0 aliphatic rings. The number of carbonyl (C=O) groups is 1. The summed E-state index contributed by atoms with van der Waals surface area (Å²) in [4.78, 5) is 12.2. The van der Waals surface area contributed by atoms with E-state index in [4.69, 9.17) is 0 Å². The zero-order valence-corrected chi connectivity index (χ0v) is 15.2. The number of nitrogens with one attached hydrogen (secondary N) is 1. The Hall–Kier alpha value is -1.86. The maximum absolute atomic E-state index is 12.2. The van der Waals surface area contributed by atoms with E-state index < -0.39 is 15.9 Å². The number of halogens is 1. The van der Waals surface area contributed by atoms with Crippen LogP contribution in [0.1, 0.15) is 5.56 Å². The van der Waals surface area contributed by atoms with Gasteiger partial charge in [-0.05, 0) is 43.3 Å². The van der Waals surface area contributed by atoms with Crippen LogP contribution >= 0.6 is 15.9 Å². The largest absolute Gasteiger partial charge is 0.325 e. The molecule has 23 heavy (non-hydrogen) atoms. The molecule has 0 spiro atoms. The fourth-order valence-corrected chi connectivity index (χ4v) is 3.10. The van der Waals surface area contributed by atoms with Crippen molar-refractivity contribution in [2.24, 2.45) is 0 Å². The van der Waals surface area contributed by atoms with Crippen LogP contribution in [0.3, 0.4) is 0 Å². The van der Waals surface area contributed by atoms with E-state index in [2.05, 4.69) is 21.2 Å². The molecule has 0 atom stereocenters. The molecule has 0 radical (unpaired) electrons. The quantitative estimate of drug-likeness (QED) is 0.843. The molecular formula is C16H17BrN2O3S. The average molecular weight is 397 g/mol. The predicted molar refractivity (Wildman–Crippen MR) is 96.1 cm³/mol. The van der Waals surface area contributed by atoms with Crippen molar-refractivity contribution in [1.82, 2.24) is 0 Å². The molecule has 0 fully saturated rings. The van der Waals surface area contributed by atoms with Gasteiger partial charge in [0.1, 0.15) is 6.54 Å². The van der Waals surface area contributed by atoms with Crippen molar-refractivity contribution in [3.63, 3.8) is 0 Å². The lowest BCUT2D eigenvalue weighted by atomic mass is 10.2. The van der Waals surface area contributed by atoms with Crippen molar-refractivity contribution >= 4 is 43.2 Å². The summed E-state index contributed by atoms with van der Waals surface area (Å²) in [6.07, 6.45) is 1.08. The Morgan fingerprint density at radius 1 is 1.09 bits per heavy atom. The highest BCUT2D eigenvalue weighted by Gasteiger charge is 2.20. The van der Waals surface area contributed by atoms with Gasteiger partial charge in [-0.2, -0.15) is 0 Å². The molecule has 1 amide bonds. The van der Waals surface area contributed by atoms with Crippen LogP contribution in [0.5, 0.6) is 0 Å². The molecule has 0 heterocycles. The molecule has 0 bridgehead atoms. The first-order valence-electron chi connectivity index (χ1n) is 6.85. The van der Waals surface area contributed by atoms with Gasteiger partial charge in [0.15, 0.2) is 0 Å². The molecule has 0 aliphatic carbocycles. The van der Waals surface area contributed by atoms with Crippen LogP contribution in [0.4, 0.5) is 11.4 Å². The minimum atomic E-state index is -3.57. The van der Waals surface area contributed by atoms with E-state index >= 15 is 0 Å². The van der Waals surface area contributed by atoms with E-state index in [0.29, 0.717) is 11.4 Å². The number of carbonyl (C=O) groups excluding carboxylic acids is 1.